The van der Waals surface area contributed by atoms with Gasteiger partial charge in [0, 0.05) is 23.0 Å². The number of likely N-dealkylation sites (tertiary alicyclic amines) is 1. The minimum absolute atomic E-state index is 0.0490. The van der Waals surface area contributed by atoms with Crippen LogP contribution in [0.2, 0.25) is 0 Å². The molecule has 1 aliphatic heterocycles. The molecule has 0 spiro atoms. The predicted octanol–water partition coefficient (Wildman–Crippen LogP) is 6.09. The zero-order chi connectivity index (χ0) is 30.4. The van der Waals surface area contributed by atoms with Crippen LogP contribution in [-0.4, -0.2) is 57.1 Å². The minimum atomic E-state index is -4.02. The van der Waals surface area contributed by atoms with Gasteiger partial charge in [-0.25, -0.2) is 27.2 Å². The average Bonchev–Trinajstić information content (AvgIpc) is 3.00. The number of ether oxygens (including phenoxy) is 2. The van der Waals surface area contributed by atoms with Crippen LogP contribution >= 0.6 is 0 Å². The van der Waals surface area contributed by atoms with E-state index in [0.29, 0.717) is 35.3 Å². The van der Waals surface area contributed by atoms with Crippen LogP contribution in [0.25, 0.3) is 11.3 Å². The van der Waals surface area contributed by atoms with Gasteiger partial charge in [-0.1, -0.05) is 0 Å². The Labute approximate surface area is 249 Å². The number of sulfonamides is 1. The third kappa shape index (κ3) is 7.76. The van der Waals surface area contributed by atoms with Crippen molar-refractivity contribution in [3.05, 3.63) is 84.7 Å². The third-order valence-electron chi connectivity index (χ3n) is 7.36. The van der Waals surface area contributed by atoms with E-state index >= 15 is 0 Å². The molecule has 1 aromatic heterocycles. The fourth-order valence-corrected chi connectivity index (χ4v) is 5.91. The third-order valence-corrected chi connectivity index (χ3v) is 8.74. The Balaban J connectivity index is 1.19. The highest BCUT2D eigenvalue weighted by Crippen LogP contribution is 2.28. The van der Waals surface area contributed by atoms with Crippen LogP contribution < -0.4 is 19.5 Å². The van der Waals surface area contributed by atoms with Crippen molar-refractivity contribution in [1.82, 2.24) is 14.9 Å². The number of nitrogens with zero attached hydrogens (tertiary/aromatic N) is 3. The SMILES string of the molecule is COc1ccc(S(=O)(=O)Nc2ccc(Nc3cc(-c4ccc(OCCC5CCN(C)CC5)c(F)c4)ncn3)cc2)cc1F. The Kier molecular flexibility index (Phi) is 9.37. The number of hydrogen-bond donors (Lipinski definition) is 2. The van der Waals surface area contributed by atoms with Crippen molar-refractivity contribution in [1.29, 1.82) is 0 Å². The average molecular weight is 610 g/mol. The molecule has 12 heteroatoms. The second kappa shape index (κ2) is 13.3. The van der Waals surface area contributed by atoms with Crippen LogP contribution in [0, 0.1) is 17.6 Å². The highest BCUT2D eigenvalue weighted by molar-refractivity contribution is 7.92. The summed E-state index contributed by atoms with van der Waals surface area (Å²) in [6.45, 7) is 2.66. The van der Waals surface area contributed by atoms with Gasteiger partial charge in [0.05, 0.1) is 24.3 Å². The van der Waals surface area contributed by atoms with E-state index in [4.69, 9.17) is 9.47 Å². The van der Waals surface area contributed by atoms with Gasteiger partial charge in [0.25, 0.3) is 10.0 Å². The van der Waals surface area contributed by atoms with Crippen molar-refractivity contribution < 1.29 is 26.7 Å². The maximum absolute atomic E-state index is 14.9. The summed E-state index contributed by atoms with van der Waals surface area (Å²) in [6, 6.07) is 16.3. The fraction of sp³-hybridized carbons (Fsp3) is 0.290. The van der Waals surface area contributed by atoms with Gasteiger partial charge in [0.2, 0.25) is 0 Å². The standard InChI is InChI=1S/C31H33F2N5O4S/c1-38-14-11-21(12-15-38)13-16-42-30-9-3-22(17-26(30)32)28-19-31(35-20-34-28)36-23-4-6-24(7-5-23)37-43(39,40)25-8-10-29(41-2)27(33)18-25/h3-10,17-21,37H,11-16H2,1-2H3,(H,34,35,36). The molecule has 3 aromatic carbocycles. The normalized spacial score (nSPS) is 14.3. The lowest BCUT2D eigenvalue weighted by atomic mass is 9.94. The highest BCUT2D eigenvalue weighted by Gasteiger charge is 2.18. The molecular weight excluding hydrogens is 576 g/mol. The molecule has 5 rings (SSSR count). The van der Waals surface area contributed by atoms with E-state index in [1.165, 1.54) is 31.6 Å². The Morgan fingerprint density at radius 2 is 1.60 bits per heavy atom. The minimum Gasteiger partial charge on any atom is -0.494 e. The van der Waals surface area contributed by atoms with Crippen molar-refractivity contribution in [2.45, 2.75) is 24.2 Å². The van der Waals surface area contributed by atoms with E-state index in [2.05, 4.69) is 32.0 Å². The molecule has 4 aromatic rings. The number of nitrogens with one attached hydrogen (secondary N) is 2. The van der Waals surface area contributed by atoms with Crippen LogP contribution in [0.15, 0.2) is 78.0 Å². The maximum atomic E-state index is 14.9. The van der Waals surface area contributed by atoms with Gasteiger partial charge >= 0.3 is 0 Å². The number of piperidine rings is 1. The first-order valence-electron chi connectivity index (χ1n) is 13.9. The summed E-state index contributed by atoms with van der Waals surface area (Å²) in [5.74, 6) is 0.00936. The first kappa shape index (κ1) is 30.2. The maximum Gasteiger partial charge on any atom is 0.262 e. The summed E-state index contributed by atoms with van der Waals surface area (Å²) in [7, 11) is -0.588. The number of anilines is 3. The fourth-order valence-electron chi connectivity index (χ4n) is 4.84. The molecule has 43 heavy (non-hydrogen) atoms. The second-order valence-corrected chi connectivity index (χ2v) is 12.1. The van der Waals surface area contributed by atoms with Gasteiger partial charge in [0.15, 0.2) is 23.1 Å². The lowest BCUT2D eigenvalue weighted by Gasteiger charge is -2.28. The molecule has 0 saturated carbocycles. The molecule has 0 aliphatic carbocycles. The Morgan fingerprint density at radius 1 is 0.907 bits per heavy atom. The molecule has 0 amide bonds. The molecule has 1 fully saturated rings. The van der Waals surface area contributed by atoms with Crippen molar-refractivity contribution in [2.75, 3.05) is 43.9 Å². The van der Waals surface area contributed by atoms with E-state index in [0.717, 1.165) is 38.4 Å². The van der Waals surface area contributed by atoms with Crippen molar-refractivity contribution in [3.8, 4) is 22.8 Å². The van der Waals surface area contributed by atoms with Gasteiger partial charge < -0.3 is 19.7 Å². The number of halogens is 2. The van der Waals surface area contributed by atoms with Crippen LogP contribution in [0.1, 0.15) is 19.3 Å². The molecule has 1 aliphatic rings. The Hall–Kier alpha value is -4.29. The molecule has 0 radical (unpaired) electrons. The molecule has 0 atom stereocenters. The van der Waals surface area contributed by atoms with E-state index in [1.807, 2.05) is 0 Å². The van der Waals surface area contributed by atoms with E-state index < -0.39 is 21.7 Å². The summed E-state index contributed by atoms with van der Waals surface area (Å²) >= 11 is 0. The lowest BCUT2D eigenvalue weighted by molar-refractivity contribution is 0.185. The van der Waals surface area contributed by atoms with Gasteiger partial charge in [-0.05, 0) is 106 Å². The monoisotopic (exact) mass is 609 g/mol. The first-order chi connectivity index (χ1) is 20.7. The highest BCUT2D eigenvalue weighted by atomic mass is 32.2. The zero-order valence-electron chi connectivity index (χ0n) is 23.9. The summed E-state index contributed by atoms with van der Waals surface area (Å²) in [6.07, 6.45) is 4.56. The van der Waals surface area contributed by atoms with Crippen molar-refractivity contribution >= 4 is 27.2 Å². The summed E-state index contributed by atoms with van der Waals surface area (Å²) in [4.78, 5) is 10.6. The van der Waals surface area contributed by atoms with Gasteiger partial charge in [0.1, 0.15) is 12.1 Å². The number of methoxy groups -OCH3 is 1. The first-order valence-corrected chi connectivity index (χ1v) is 15.4. The van der Waals surface area contributed by atoms with Crippen LogP contribution in [0.4, 0.5) is 26.0 Å². The van der Waals surface area contributed by atoms with Crippen LogP contribution in [-0.2, 0) is 10.0 Å². The number of benzene rings is 3. The molecule has 1 saturated heterocycles. The summed E-state index contributed by atoms with van der Waals surface area (Å²) in [5, 5.41) is 3.13. The largest absolute Gasteiger partial charge is 0.494 e. The summed E-state index contributed by atoms with van der Waals surface area (Å²) in [5.41, 5.74) is 2.01. The Bertz CT molecular complexity index is 1660. The van der Waals surface area contributed by atoms with E-state index in [1.54, 1.807) is 42.5 Å². The second-order valence-electron chi connectivity index (χ2n) is 10.4. The van der Waals surface area contributed by atoms with Gasteiger partial charge in [-0.2, -0.15) is 0 Å². The Morgan fingerprint density at radius 3 is 2.30 bits per heavy atom. The number of hydrogen-bond acceptors (Lipinski definition) is 8. The molecule has 0 bridgehead atoms. The van der Waals surface area contributed by atoms with Gasteiger partial charge in [-0.3, -0.25) is 4.72 Å². The summed E-state index contributed by atoms with van der Waals surface area (Å²) < 4.78 is 67.2. The number of aromatic nitrogens is 2. The molecule has 9 nitrogen and oxygen atoms in total. The quantitative estimate of drug-likeness (QED) is 0.211. The topological polar surface area (TPSA) is 106 Å². The predicted molar refractivity (Wildman–Crippen MR) is 161 cm³/mol. The molecule has 2 heterocycles. The zero-order valence-corrected chi connectivity index (χ0v) is 24.7. The van der Waals surface area contributed by atoms with E-state index in [-0.39, 0.29) is 22.1 Å². The van der Waals surface area contributed by atoms with Crippen molar-refractivity contribution in [3.63, 3.8) is 0 Å². The number of rotatable bonds is 11. The lowest BCUT2D eigenvalue weighted by Crippen LogP contribution is -2.30. The molecular formula is C31H33F2N5O4S. The smallest absolute Gasteiger partial charge is 0.262 e. The molecule has 0 unspecified atom stereocenters. The van der Waals surface area contributed by atoms with Gasteiger partial charge in [-0.15, -0.1) is 0 Å². The molecule has 2 N–H and O–H groups in total. The van der Waals surface area contributed by atoms with Crippen molar-refractivity contribution in [2.24, 2.45) is 5.92 Å². The molecule has 226 valence electrons. The van der Waals surface area contributed by atoms with Crippen LogP contribution in [0.5, 0.6) is 11.5 Å². The van der Waals surface area contributed by atoms with Crippen LogP contribution in [0.3, 0.4) is 0 Å². The van der Waals surface area contributed by atoms with E-state index in [9.17, 15) is 17.2 Å².